The van der Waals surface area contributed by atoms with Crippen molar-refractivity contribution >= 4 is 17.5 Å². The first-order valence-electron chi connectivity index (χ1n) is 9.12. The minimum Gasteiger partial charge on any atom is -0.394 e. The molecule has 0 saturated heterocycles. The topological polar surface area (TPSA) is 101 Å². The van der Waals surface area contributed by atoms with Crippen molar-refractivity contribution in [3.05, 3.63) is 72.6 Å². The van der Waals surface area contributed by atoms with Crippen LogP contribution in [0.1, 0.15) is 12.0 Å². The Labute approximate surface area is 163 Å². The number of rotatable bonds is 7. The lowest BCUT2D eigenvalue weighted by Crippen LogP contribution is -2.49. The summed E-state index contributed by atoms with van der Waals surface area (Å²) in [7, 11) is 0. The Morgan fingerprint density at radius 2 is 1.89 bits per heavy atom. The zero-order valence-corrected chi connectivity index (χ0v) is 15.3. The number of aliphatic hydroxyl groups is 1. The van der Waals surface area contributed by atoms with Gasteiger partial charge in [-0.2, -0.15) is 0 Å². The number of nitrogens with one attached hydrogen (secondary N) is 2. The summed E-state index contributed by atoms with van der Waals surface area (Å²) in [6, 6.07) is 12.3. The van der Waals surface area contributed by atoms with Gasteiger partial charge in [-0.25, -0.2) is 0 Å². The van der Waals surface area contributed by atoms with Crippen molar-refractivity contribution in [2.24, 2.45) is 0 Å². The lowest BCUT2D eigenvalue weighted by molar-refractivity contribution is -0.125. The van der Waals surface area contributed by atoms with Gasteiger partial charge in [-0.3, -0.25) is 14.6 Å². The van der Waals surface area contributed by atoms with Crippen LogP contribution in [0.15, 0.2) is 67.0 Å². The third-order valence-corrected chi connectivity index (χ3v) is 4.32. The molecule has 3 atom stereocenters. The van der Waals surface area contributed by atoms with Crippen molar-refractivity contribution in [3.8, 4) is 0 Å². The minimum absolute atomic E-state index is 0.123. The van der Waals surface area contributed by atoms with Crippen molar-refractivity contribution in [1.82, 2.24) is 10.3 Å². The lowest BCUT2D eigenvalue weighted by atomic mass is 10.0. The number of carbonyl (C=O) groups is 2. The first-order valence-corrected chi connectivity index (χ1v) is 9.12. The van der Waals surface area contributed by atoms with Crippen LogP contribution >= 0.6 is 0 Å². The number of anilines is 1. The molecule has 0 saturated carbocycles. The standard InChI is InChI=1S/C21H23N3O4/c25-14-19-18(24-20(26)11-15-5-4-10-22-13-15)9-8-17(28-19)12-21(27)23-16-6-2-1-3-7-16/h1-10,13,17-19,25H,11-12,14H2,(H,23,27)(H,24,26)/t17-,18+,19+/m0/s1. The highest BCUT2D eigenvalue weighted by Crippen LogP contribution is 2.17. The summed E-state index contributed by atoms with van der Waals surface area (Å²) in [6.45, 7) is -0.265. The molecule has 0 aliphatic carbocycles. The van der Waals surface area contributed by atoms with Crippen molar-refractivity contribution in [2.75, 3.05) is 11.9 Å². The Morgan fingerprint density at radius 1 is 1.07 bits per heavy atom. The number of hydrogen-bond acceptors (Lipinski definition) is 5. The smallest absolute Gasteiger partial charge is 0.227 e. The van der Waals surface area contributed by atoms with Crippen LogP contribution in [0, 0.1) is 0 Å². The van der Waals surface area contributed by atoms with Gasteiger partial charge in [0, 0.05) is 18.1 Å². The molecule has 7 heteroatoms. The largest absolute Gasteiger partial charge is 0.394 e. The van der Waals surface area contributed by atoms with Crippen molar-refractivity contribution in [1.29, 1.82) is 0 Å². The van der Waals surface area contributed by atoms with Crippen molar-refractivity contribution in [2.45, 2.75) is 31.1 Å². The van der Waals surface area contributed by atoms with Gasteiger partial charge < -0.3 is 20.5 Å². The van der Waals surface area contributed by atoms with E-state index < -0.39 is 18.2 Å². The molecule has 2 heterocycles. The van der Waals surface area contributed by atoms with Gasteiger partial charge in [0.2, 0.25) is 11.8 Å². The molecule has 0 unspecified atom stereocenters. The third kappa shape index (κ3) is 5.73. The van der Waals surface area contributed by atoms with Gasteiger partial charge in [-0.05, 0) is 23.8 Å². The monoisotopic (exact) mass is 381 g/mol. The summed E-state index contributed by atoms with van der Waals surface area (Å²) in [4.78, 5) is 28.4. The Morgan fingerprint density at radius 3 is 2.61 bits per heavy atom. The average molecular weight is 381 g/mol. The number of nitrogens with zero attached hydrogens (tertiary/aromatic N) is 1. The molecule has 3 N–H and O–H groups in total. The molecular formula is C21H23N3O4. The number of ether oxygens (including phenoxy) is 1. The molecule has 1 aromatic carbocycles. The number of aromatic nitrogens is 1. The molecule has 1 aromatic heterocycles. The first kappa shape index (κ1) is 19.7. The maximum atomic E-state index is 12.2. The van der Waals surface area contributed by atoms with E-state index in [0.29, 0.717) is 5.69 Å². The molecule has 146 valence electrons. The maximum Gasteiger partial charge on any atom is 0.227 e. The highest BCUT2D eigenvalue weighted by molar-refractivity contribution is 5.91. The number of benzene rings is 1. The van der Waals surface area contributed by atoms with E-state index in [4.69, 9.17) is 4.74 Å². The van der Waals surface area contributed by atoms with Gasteiger partial charge in [-0.15, -0.1) is 0 Å². The molecule has 0 bridgehead atoms. The summed E-state index contributed by atoms with van der Waals surface area (Å²) in [5.74, 6) is -0.374. The molecule has 7 nitrogen and oxygen atoms in total. The van der Waals surface area contributed by atoms with E-state index >= 15 is 0 Å². The number of pyridine rings is 1. The van der Waals surface area contributed by atoms with Crippen LogP contribution in [0.2, 0.25) is 0 Å². The van der Waals surface area contributed by atoms with Crippen LogP contribution in [0.3, 0.4) is 0 Å². The summed E-state index contributed by atoms with van der Waals surface area (Å²) in [6.07, 6.45) is 6.03. The van der Waals surface area contributed by atoms with E-state index in [9.17, 15) is 14.7 Å². The second kappa shape index (κ2) is 9.77. The van der Waals surface area contributed by atoms with Crippen molar-refractivity contribution < 1.29 is 19.4 Å². The highest BCUT2D eigenvalue weighted by Gasteiger charge is 2.29. The fourth-order valence-electron chi connectivity index (χ4n) is 2.98. The van der Waals surface area contributed by atoms with E-state index in [1.165, 1.54) is 0 Å². The highest BCUT2D eigenvalue weighted by atomic mass is 16.5. The summed E-state index contributed by atoms with van der Waals surface area (Å²) >= 11 is 0. The lowest BCUT2D eigenvalue weighted by Gasteiger charge is -2.31. The molecule has 0 radical (unpaired) electrons. The number of amides is 2. The van der Waals surface area contributed by atoms with Gasteiger partial charge in [0.05, 0.1) is 31.6 Å². The number of hydrogen-bond donors (Lipinski definition) is 3. The first-order chi connectivity index (χ1) is 13.6. The minimum atomic E-state index is -0.614. The molecule has 28 heavy (non-hydrogen) atoms. The predicted molar refractivity (Wildman–Crippen MR) is 104 cm³/mol. The molecular weight excluding hydrogens is 358 g/mol. The summed E-state index contributed by atoms with van der Waals surface area (Å²) < 4.78 is 5.78. The zero-order valence-electron chi connectivity index (χ0n) is 15.3. The average Bonchev–Trinajstić information content (AvgIpc) is 2.70. The number of para-hydroxylation sites is 1. The normalized spacial score (nSPS) is 21.1. The predicted octanol–water partition coefficient (Wildman–Crippen LogP) is 1.45. The van der Waals surface area contributed by atoms with Gasteiger partial charge in [0.1, 0.15) is 6.10 Å². The fourth-order valence-corrected chi connectivity index (χ4v) is 2.98. The summed E-state index contributed by atoms with van der Waals surface area (Å²) in [5, 5.41) is 15.3. The molecule has 0 fully saturated rings. The van der Waals surface area contributed by atoms with Crippen LogP contribution < -0.4 is 10.6 Å². The van der Waals surface area contributed by atoms with E-state index in [-0.39, 0.29) is 31.3 Å². The van der Waals surface area contributed by atoms with E-state index in [1.807, 2.05) is 24.3 Å². The van der Waals surface area contributed by atoms with Crippen LogP contribution in [0.25, 0.3) is 0 Å². The van der Waals surface area contributed by atoms with E-state index in [0.717, 1.165) is 5.56 Å². The van der Waals surface area contributed by atoms with E-state index in [2.05, 4.69) is 15.6 Å². The van der Waals surface area contributed by atoms with Crippen LogP contribution in [0.4, 0.5) is 5.69 Å². The molecule has 3 rings (SSSR count). The molecule has 0 spiro atoms. The second-order valence-corrected chi connectivity index (χ2v) is 6.53. The van der Waals surface area contributed by atoms with Crippen LogP contribution in [0.5, 0.6) is 0 Å². The Hall–Kier alpha value is -3.03. The quantitative estimate of drug-likeness (QED) is 0.631. The molecule has 2 amide bonds. The van der Waals surface area contributed by atoms with Crippen LogP contribution in [-0.2, 0) is 20.7 Å². The molecule has 1 aliphatic rings. The Kier molecular flexibility index (Phi) is 6.89. The summed E-state index contributed by atoms with van der Waals surface area (Å²) in [5.41, 5.74) is 1.52. The fraction of sp³-hybridized carbons (Fsp3) is 0.286. The molecule has 1 aliphatic heterocycles. The SMILES string of the molecule is O=C(C[C@@H]1C=C[C@@H](NC(=O)Cc2cccnc2)[C@@H](CO)O1)Nc1ccccc1. The number of aliphatic hydroxyl groups excluding tert-OH is 1. The Balaban J connectivity index is 1.53. The van der Waals surface area contributed by atoms with Gasteiger partial charge in [0.15, 0.2) is 0 Å². The van der Waals surface area contributed by atoms with Crippen LogP contribution in [-0.4, -0.2) is 46.8 Å². The Bertz CT molecular complexity index is 811. The molecule has 2 aromatic rings. The van der Waals surface area contributed by atoms with E-state index in [1.54, 1.807) is 42.7 Å². The van der Waals surface area contributed by atoms with Gasteiger partial charge >= 0.3 is 0 Å². The van der Waals surface area contributed by atoms with Crippen molar-refractivity contribution in [3.63, 3.8) is 0 Å². The third-order valence-electron chi connectivity index (χ3n) is 4.32. The van der Waals surface area contributed by atoms with Gasteiger partial charge in [0.25, 0.3) is 0 Å². The zero-order chi connectivity index (χ0) is 19.8. The van der Waals surface area contributed by atoms with Gasteiger partial charge in [-0.1, -0.05) is 36.4 Å². The number of carbonyl (C=O) groups excluding carboxylic acids is 2. The second-order valence-electron chi connectivity index (χ2n) is 6.53. The maximum absolute atomic E-state index is 12.2.